The SMILES string of the molecule is NC(=S)c1ccc(F)c(CN(Cc2ccsc2)C2CC2)c1. The zero-order valence-corrected chi connectivity index (χ0v) is 13.2. The fourth-order valence-corrected chi connectivity index (χ4v) is 3.23. The van der Waals surface area contributed by atoms with Crippen LogP contribution in [-0.4, -0.2) is 15.9 Å². The van der Waals surface area contributed by atoms with Gasteiger partial charge in [0.05, 0.1) is 0 Å². The number of hydrogen-bond acceptors (Lipinski definition) is 3. The summed E-state index contributed by atoms with van der Waals surface area (Å²) in [6.45, 7) is 1.47. The van der Waals surface area contributed by atoms with Gasteiger partial charge in [0.25, 0.3) is 0 Å². The van der Waals surface area contributed by atoms with Crippen LogP contribution >= 0.6 is 23.6 Å². The first kappa shape index (κ1) is 14.6. The van der Waals surface area contributed by atoms with Crippen molar-refractivity contribution in [1.82, 2.24) is 4.90 Å². The van der Waals surface area contributed by atoms with Gasteiger partial charge in [0.1, 0.15) is 10.8 Å². The van der Waals surface area contributed by atoms with Crippen molar-refractivity contribution in [1.29, 1.82) is 0 Å². The molecule has 1 aromatic carbocycles. The van der Waals surface area contributed by atoms with Crippen molar-refractivity contribution in [3.63, 3.8) is 0 Å². The summed E-state index contributed by atoms with van der Waals surface area (Å²) in [5.74, 6) is -0.189. The van der Waals surface area contributed by atoms with E-state index < -0.39 is 0 Å². The summed E-state index contributed by atoms with van der Waals surface area (Å²) in [7, 11) is 0. The third kappa shape index (κ3) is 3.67. The van der Waals surface area contributed by atoms with E-state index in [9.17, 15) is 4.39 Å². The third-order valence-corrected chi connectivity index (χ3v) is 4.70. The third-order valence-electron chi connectivity index (χ3n) is 3.73. The first-order chi connectivity index (χ1) is 10.1. The highest BCUT2D eigenvalue weighted by Crippen LogP contribution is 2.30. The lowest BCUT2D eigenvalue weighted by Crippen LogP contribution is -2.25. The Morgan fingerprint density at radius 2 is 2.14 bits per heavy atom. The lowest BCUT2D eigenvalue weighted by molar-refractivity contribution is 0.242. The molecule has 1 aliphatic rings. The van der Waals surface area contributed by atoms with Crippen LogP contribution in [0.25, 0.3) is 0 Å². The molecule has 1 aliphatic carbocycles. The first-order valence-electron chi connectivity index (χ1n) is 6.97. The molecule has 2 nitrogen and oxygen atoms in total. The van der Waals surface area contributed by atoms with E-state index in [-0.39, 0.29) is 5.82 Å². The van der Waals surface area contributed by atoms with Gasteiger partial charge in [-0.2, -0.15) is 11.3 Å². The van der Waals surface area contributed by atoms with Gasteiger partial charge in [-0.15, -0.1) is 0 Å². The maximum absolute atomic E-state index is 14.0. The number of nitrogens with two attached hydrogens (primary N) is 1. The molecule has 2 aromatic rings. The van der Waals surface area contributed by atoms with Crippen LogP contribution in [0, 0.1) is 5.82 Å². The normalized spacial score (nSPS) is 14.6. The second kappa shape index (κ2) is 6.22. The number of halogens is 1. The van der Waals surface area contributed by atoms with Crippen molar-refractivity contribution in [2.75, 3.05) is 0 Å². The van der Waals surface area contributed by atoms with Crippen LogP contribution in [0.3, 0.4) is 0 Å². The van der Waals surface area contributed by atoms with E-state index in [1.807, 2.05) is 0 Å². The van der Waals surface area contributed by atoms with Crippen LogP contribution in [0.1, 0.15) is 29.5 Å². The fraction of sp³-hybridized carbons (Fsp3) is 0.312. The number of thiocarbonyl (C=S) groups is 1. The Balaban J connectivity index is 1.79. The fourth-order valence-electron chi connectivity index (χ4n) is 2.44. The molecule has 2 N–H and O–H groups in total. The molecule has 0 saturated heterocycles. The lowest BCUT2D eigenvalue weighted by Gasteiger charge is -2.22. The summed E-state index contributed by atoms with van der Waals surface area (Å²) >= 11 is 6.67. The van der Waals surface area contributed by atoms with E-state index in [0.717, 1.165) is 12.1 Å². The van der Waals surface area contributed by atoms with Gasteiger partial charge in [-0.3, -0.25) is 4.90 Å². The zero-order valence-electron chi connectivity index (χ0n) is 11.6. The highest BCUT2D eigenvalue weighted by Gasteiger charge is 2.29. The van der Waals surface area contributed by atoms with Gasteiger partial charge >= 0.3 is 0 Å². The maximum atomic E-state index is 14.0. The van der Waals surface area contributed by atoms with Crippen molar-refractivity contribution in [3.05, 3.63) is 57.5 Å². The van der Waals surface area contributed by atoms with Gasteiger partial charge in [0.2, 0.25) is 0 Å². The second-order valence-electron chi connectivity index (χ2n) is 5.44. The molecular formula is C16H17FN2S2. The van der Waals surface area contributed by atoms with Crippen LogP contribution in [0.5, 0.6) is 0 Å². The van der Waals surface area contributed by atoms with Crippen LogP contribution in [-0.2, 0) is 13.1 Å². The average molecular weight is 320 g/mol. The summed E-state index contributed by atoms with van der Waals surface area (Å²) in [6, 6.07) is 7.57. The van der Waals surface area contributed by atoms with Crippen molar-refractivity contribution < 1.29 is 4.39 Å². The smallest absolute Gasteiger partial charge is 0.127 e. The molecule has 1 heterocycles. The predicted molar refractivity (Wildman–Crippen MR) is 88.9 cm³/mol. The molecule has 0 unspecified atom stereocenters. The van der Waals surface area contributed by atoms with Gasteiger partial charge in [-0.05, 0) is 53.4 Å². The Labute approximate surface area is 133 Å². The van der Waals surface area contributed by atoms with Crippen molar-refractivity contribution in [3.8, 4) is 0 Å². The van der Waals surface area contributed by atoms with E-state index in [4.69, 9.17) is 18.0 Å². The van der Waals surface area contributed by atoms with Crippen LogP contribution < -0.4 is 5.73 Å². The van der Waals surface area contributed by atoms with Crippen molar-refractivity contribution >= 4 is 28.5 Å². The van der Waals surface area contributed by atoms with E-state index in [2.05, 4.69) is 21.7 Å². The van der Waals surface area contributed by atoms with Crippen LogP contribution in [0.4, 0.5) is 4.39 Å². The van der Waals surface area contributed by atoms with Crippen LogP contribution in [0.15, 0.2) is 35.0 Å². The van der Waals surface area contributed by atoms with Gasteiger partial charge in [-0.1, -0.05) is 12.2 Å². The molecule has 0 bridgehead atoms. The maximum Gasteiger partial charge on any atom is 0.127 e. The molecule has 5 heteroatoms. The first-order valence-corrected chi connectivity index (χ1v) is 8.32. The van der Waals surface area contributed by atoms with E-state index in [1.54, 1.807) is 23.5 Å². The van der Waals surface area contributed by atoms with Gasteiger partial charge in [0.15, 0.2) is 0 Å². The van der Waals surface area contributed by atoms with Gasteiger partial charge < -0.3 is 5.73 Å². The second-order valence-corrected chi connectivity index (χ2v) is 6.66. The highest BCUT2D eigenvalue weighted by atomic mass is 32.1. The molecule has 3 rings (SSSR count). The summed E-state index contributed by atoms with van der Waals surface area (Å²) in [5, 5.41) is 4.23. The predicted octanol–water partition coefficient (Wildman–Crippen LogP) is 3.69. The molecule has 1 aromatic heterocycles. The Bertz CT molecular complexity index is 636. The molecule has 1 fully saturated rings. The zero-order chi connectivity index (χ0) is 14.8. The molecular weight excluding hydrogens is 303 g/mol. The Morgan fingerprint density at radius 3 is 2.76 bits per heavy atom. The molecule has 0 amide bonds. The number of benzene rings is 1. The summed E-state index contributed by atoms with van der Waals surface area (Å²) in [4.78, 5) is 2.65. The number of hydrogen-bond donors (Lipinski definition) is 1. The van der Waals surface area contributed by atoms with Crippen molar-refractivity contribution in [2.45, 2.75) is 32.0 Å². The van der Waals surface area contributed by atoms with Gasteiger partial charge in [-0.25, -0.2) is 4.39 Å². The summed E-state index contributed by atoms with van der Waals surface area (Å²) < 4.78 is 14.0. The average Bonchev–Trinajstić information content (AvgIpc) is 3.18. The van der Waals surface area contributed by atoms with E-state index >= 15 is 0 Å². The number of rotatable bonds is 6. The minimum atomic E-state index is -0.189. The standard InChI is InChI=1S/C16H17FN2S2/c17-15-4-1-12(16(18)20)7-13(15)9-19(14-2-3-14)8-11-5-6-21-10-11/h1,4-7,10,14H,2-3,8-9H2,(H2,18,20). The molecule has 0 radical (unpaired) electrons. The minimum Gasteiger partial charge on any atom is -0.389 e. The monoisotopic (exact) mass is 320 g/mol. The van der Waals surface area contributed by atoms with E-state index in [1.165, 1.54) is 24.5 Å². The summed E-state index contributed by atoms with van der Waals surface area (Å²) in [5.41, 5.74) is 8.33. The summed E-state index contributed by atoms with van der Waals surface area (Å²) in [6.07, 6.45) is 2.39. The molecule has 0 aliphatic heterocycles. The molecule has 1 saturated carbocycles. The molecule has 0 atom stereocenters. The molecule has 21 heavy (non-hydrogen) atoms. The Kier molecular flexibility index (Phi) is 4.33. The topological polar surface area (TPSA) is 29.3 Å². The molecule has 0 spiro atoms. The largest absolute Gasteiger partial charge is 0.389 e. The van der Waals surface area contributed by atoms with Crippen LogP contribution in [0.2, 0.25) is 0 Å². The van der Waals surface area contributed by atoms with Gasteiger partial charge in [0, 0.05) is 30.3 Å². The Hall–Kier alpha value is -1.30. The lowest BCUT2D eigenvalue weighted by atomic mass is 10.1. The number of thiophene rings is 1. The van der Waals surface area contributed by atoms with Crippen molar-refractivity contribution in [2.24, 2.45) is 5.73 Å². The quantitative estimate of drug-likeness (QED) is 0.823. The Morgan fingerprint density at radius 1 is 1.33 bits per heavy atom. The number of nitrogens with zero attached hydrogens (tertiary/aromatic N) is 1. The molecule has 110 valence electrons. The highest BCUT2D eigenvalue weighted by molar-refractivity contribution is 7.80. The minimum absolute atomic E-state index is 0.189. The van der Waals surface area contributed by atoms with E-state index in [0.29, 0.717) is 23.1 Å².